The SMILES string of the molecule is CNS(=O)(=O)c1cc(C(=O)NC(C)CC(=O)Nc2cccc(N3CCCC3)c2)ccc1OC. The third-order valence-corrected chi connectivity index (χ3v) is 6.89. The number of nitrogens with one attached hydrogen (secondary N) is 3. The number of rotatable bonds is 9. The first kappa shape index (κ1) is 24.5. The highest BCUT2D eigenvalue weighted by atomic mass is 32.2. The van der Waals surface area contributed by atoms with Crippen molar-refractivity contribution >= 4 is 33.2 Å². The lowest BCUT2D eigenvalue weighted by Crippen LogP contribution is -2.35. The number of anilines is 2. The summed E-state index contributed by atoms with van der Waals surface area (Å²) in [6.45, 7) is 3.75. The molecule has 2 aromatic carbocycles. The molecule has 9 nitrogen and oxygen atoms in total. The van der Waals surface area contributed by atoms with Gasteiger partial charge in [-0.1, -0.05) is 6.07 Å². The summed E-state index contributed by atoms with van der Waals surface area (Å²) >= 11 is 0. The molecule has 3 rings (SSSR count). The second-order valence-electron chi connectivity index (χ2n) is 7.94. The molecule has 1 saturated heterocycles. The Hall–Kier alpha value is -3.11. The first-order valence-electron chi connectivity index (χ1n) is 10.8. The van der Waals surface area contributed by atoms with Gasteiger partial charge in [-0.2, -0.15) is 0 Å². The summed E-state index contributed by atoms with van der Waals surface area (Å²) in [5.74, 6) is -0.583. The van der Waals surface area contributed by atoms with E-state index in [2.05, 4.69) is 20.3 Å². The van der Waals surface area contributed by atoms with Gasteiger partial charge in [-0.05, 0) is 63.2 Å². The number of nitrogens with zero attached hydrogens (tertiary/aromatic N) is 1. The van der Waals surface area contributed by atoms with Crippen molar-refractivity contribution < 1.29 is 22.7 Å². The van der Waals surface area contributed by atoms with Gasteiger partial charge in [0.25, 0.3) is 5.91 Å². The Morgan fingerprint density at radius 3 is 2.52 bits per heavy atom. The lowest BCUT2D eigenvalue weighted by atomic mass is 10.1. The van der Waals surface area contributed by atoms with E-state index in [0.29, 0.717) is 5.69 Å². The molecule has 0 bridgehead atoms. The third-order valence-electron chi connectivity index (χ3n) is 5.45. The molecule has 1 unspecified atom stereocenters. The summed E-state index contributed by atoms with van der Waals surface area (Å²) in [5.41, 5.74) is 1.94. The van der Waals surface area contributed by atoms with Gasteiger partial charge in [-0.3, -0.25) is 9.59 Å². The van der Waals surface area contributed by atoms with Crippen LogP contribution >= 0.6 is 0 Å². The summed E-state index contributed by atoms with van der Waals surface area (Å²) in [7, 11) is -1.18. The Morgan fingerprint density at radius 2 is 1.85 bits per heavy atom. The zero-order valence-electron chi connectivity index (χ0n) is 19.1. The van der Waals surface area contributed by atoms with Crippen LogP contribution < -0.4 is 25.0 Å². The fourth-order valence-corrected chi connectivity index (χ4v) is 4.66. The predicted octanol–water partition coefficient (Wildman–Crippen LogP) is 2.35. The number of sulfonamides is 1. The molecule has 1 aliphatic heterocycles. The molecule has 10 heteroatoms. The Kier molecular flexibility index (Phi) is 7.93. The highest BCUT2D eigenvalue weighted by molar-refractivity contribution is 7.89. The molecular formula is C23H30N4O5S. The summed E-state index contributed by atoms with van der Waals surface area (Å²) in [6, 6.07) is 11.4. The molecule has 33 heavy (non-hydrogen) atoms. The van der Waals surface area contributed by atoms with Crippen LogP contribution in [0.25, 0.3) is 0 Å². The number of methoxy groups -OCH3 is 1. The molecular weight excluding hydrogens is 444 g/mol. The van der Waals surface area contributed by atoms with Crippen LogP contribution in [0, 0.1) is 0 Å². The van der Waals surface area contributed by atoms with Crippen LogP contribution in [0.3, 0.4) is 0 Å². The molecule has 1 fully saturated rings. The lowest BCUT2D eigenvalue weighted by Gasteiger charge is -2.19. The van der Waals surface area contributed by atoms with Crippen molar-refractivity contribution in [3.05, 3.63) is 48.0 Å². The molecule has 0 aliphatic carbocycles. The van der Waals surface area contributed by atoms with Gasteiger partial charge >= 0.3 is 0 Å². The molecule has 2 amide bonds. The van der Waals surface area contributed by atoms with Crippen molar-refractivity contribution in [2.24, 2.45) is 0 Å². The maximum absolute atomic E-state index is 12.6. The van der Waals surface area contributed by atoms with Crippen molar-refractivity contribution in [3.63, 3.8) is 0 Å². The van der Waals surface area contributed by atoms with E-state index in [1.807, 2.05) is 24.3 Å². The van der Waals surface area contributed by atoms with Crippen molar-refractivity contribution in [2.75, 3.05) is 37.5 Å². The van der Waals surface area contributed by atoms with Crippen molar-refractivity contribution in [1.29, 1.82) is 0 Å². The molecule has 3 N–H and O–H groups in total. The number of hydrogen-bond donors (Lipinski definition) is 3. The monoisotopic (exact) mass is 474 g/mol. The molecule has 1 atom stereocenters. The van der Waals surface area contributed by atoms with E-state index < -0.39 is 22.0 Å². The van der Waals surface area contributed by atoms with Crippen LogP contribution in [-0.2, 0) is 14.8 Å². The van der Waals surface area contributed by atoms with Gasteiger partial charge in [-0.15, -0.1) is 0 Å². The fourth-order valence-electron chi connectivity index (χ4n) is 3.74. The van der Waals surface area contributed by atoms with Crippen LogP contribution in [0.4, 0.5) is 11.4 Å². The Labute approximate surface area is 194 Å². The molecule has 1 heterocycles. The maximum Gasteiger partial charge on any atom is 0.251 e. The van der Waals surface area contributed by atoms with Crippen LogP contribution in [-0.4, -0.2) is 53.5 Å². The zero-order chi connectivity index (χ0) is 24.0. The normalized spacial score (nSPS) is 14.6. The van der Waals surface area contributed by atoms with E-state index in [-0.39, 0.29) is 28.5 Å². The number of amides is 2. The molecule has 0 radical (unpaired) electrons. The molecule has 2 aromatic rings. The minimum atomic E-state index is -3.81. The smallest absolute Gasteiger partial charge is 0.251 e. The number of benzene rings is 2. The standard InChI is InChI=1S/C23H30N4O5S/c1-16(13-22(28)26-18-7-6-8-19(15-18)27-11-4-5-12-27)25-23(29)17-9-10-20(32-3)21(14-17)33(30,31)24-2/h6-10,14-16,24H,4-5,11-13H2,1-3H3,(H,25,29)(H,26,28). The van der Waals surface area contributed by atoms with Gasteiger partial charge in [0.15, 0.2) is 0 Å². The van der Waals surface area contributed by atoms with Crippen LogP contribution in [0.15, 0.2) is 47.4 Å². The van der Waals surface area contributed by atoms with E-state index in [1.54, 1.807) is 6.92 Å². The summed E-state index contributed by atoms with van der Waals surface area (Å²) in [5, 5.41) is 5.62. The molecule has 1 aliphatic rings. The van der Waals surface area contributed by atoms with Gasteiger partial charge in [0.2, 0.25) is 15.9 Å². The number of carbonyl (C=O) groups is 2. The Balaban J connectivity index is 1.61. The van der Waals surface area contributed by atoms with E-state index in [1.165, 1.54) is 45.2 Å². The Bertz CT molecular complexity index is 1110. The van der Waals surface area contributed by atoms with E-state index >= 15 is 0 Å². The van der Waals surface area contributed by atoms with Gasteiger partial charge in [-0.25, -0.2) is 13.1 Å². The van der Waals surface area contributed by atoms with Crippen LogP contribution in [0.1, 0.15) is 36.5 Å². The Morgan fingerprint density at radius 1 is 1.12 bits per heavy atom. The van der Waals surface area contributed by atoms with Crippen LogP contribution in [0.5, 0.6) is 5.75 Å². The lowest BCUT2D eigenvalue weighted by molar-refractivity contribution is -0.116. The molecule has 178 valence electrons. The second kappa shape index (κ2) is 10.7. The number of carbonyl (C=O) groups excluding carboxylic acids is 2. The third kappa shape index (κ3) is 6.23. The fraction of sp³-hybridized carbons (Fsp3) is 0.391. The van der Waals surface area contributed by atoms with E-state index in [4.69, 9.17) is 4.74 Å². The van der Waals surface area contributed by atoms with Crippen molar-refractivity contribution in [3.8, 4) is 5.75 Å². The minimum Gasteiger partial charge on any atom is -0.495 e. The zero-order valence-corrected chi connectivity index (χ0v) is 19.9. The van der Waals surface area contributed by atoms with Crippen molar-refractivity contribution in [1.82, 2.24) is 10.0 Å². The summed E-state index contributed by atoms with van der Waals surface area (Å²) in [4.78, 5) is 27.3. The highest BCUT2D eigenvalue weighted by Crippen LogP contribution is 2.25. The average molecular weight is 475 g/mol. The number of hydrogen-bond acceptors (Lipinski definition) is 6. The van der Waals surface area contributed by atoms with Crippen molar-refractivity contribution in [2.45, 2.75) is 37.1 Å². The van der Waals surface area contributed by atoms with Gasteiger partial charge in [0.05, 0.1) is 7.11 Å². The summed E-state index contributed by atoms with van der Waals surface area (Å²) in [6.07, 6.45) is 2.41. The quantitative estimate of drug-likeness (QED) is 0.514. The average Bonchev–Trinajstić information content (AvgIpc) is 3.33. The summed E-state index contributed by atoms with van der Waals surface area (Å²) < 4.78 is 31.8. The largest absolute Gasteiger partial charge is 0.495 e. The van der Waals surface area contributed by atoms with Gasteiger partial charge in [0.1, 0.15) is 10.6 Å². The second-order valence-corrected chi connectivity index (χ2v) is 9.80. The van der Waals surface area contributed by atoms with E-state index in [0.717, 1.165) is 18.8 Å². The minimum absolute atomic E-state index is 0.0670. The van der Waals surface area contributed by atoms with Gasteiger partial charge in [0, 0.05) is 42.5 Å². The highest BCUT2D eigenvalue weighted by Gasteiger charge is 2.21. The number of ether oxygens (including phenoxy) is 1. The topological polar surface area (TPSA) is 117 Å². The molecule has 0 spiro atoms. The molecule has 0 saturated carbocycles. The molecule has 0 aromatic heterocycles. The van der Waals surface area contributed by atoms with E-state index in [9.17, 15) is 18.0 Å². The first-order chi connectivity index (χ1) is 15.7. The predicted molar refractivity (Wildman–Crippen MR) is 127 cm³/mol. The first-order valence-corrected chi connectivity index (χ1v) is 12.3. The van der Waals surface area contributed by atoms with Crippen LogP contribution in [0.2, 0.25) is 0 Å². The maximum atomic E-state index is 12.6. The van der Waals surface area contributed by atoms with Gasteiger partial charge < -0.3 is 20.3 Å².